The van der Waals surface area contributed by atoms with Crippen LogP contribution in [0.1, 0.15) is 57.8 Å². The van der Waals surface area contributed by atoms with Crippen LogP contribution in [0.5, 0.6) is 0 Å². The molecule has 0 aromatic carbocycles. The van der Waals surface area contributed by atoms with Gasteiger partial charge < -0.3 is 10.6 Å². The van der Waals surface area contributed by atoms with Gasteiger partial charge in [0.25, 0.3) is 0 Å². The van der Waals surface area contributed by atoms with Crippen molar-refractivity contribution in [1.29, 1.82) is 0 Å². The van der Waals surface area contributed by atoms with E-state index in [0.29, 0.717) is 24.4 Å². The van der Waals surface area contributed by atoms with E-state index in [1.54, 1.807) is 0 Å². The van der Waals surface area contributed by atoms with Crippen molar-refractivity contribution >= 4 is 5.91 Å². The Hall–Kier alpha value is -0.570. The Kier molecular flexibility index (Phi) is 4.84. The largest absolute Gasteiger partial charge is 0.338 e. The van der Waals surface area contributed by atoms with Crippen molar-refractivity contribution < 1.29 is 4.79 Å². The SMILES string of the molecule is NCCN(C(=O)CC1CCCCC1)C1CCC1. The van der Waals surface area contributed by atoms with Gasteiger partial charge >= 0.3 is 0 Å². The molecule has 1 amide bonds. The van der Waals surface area contributed by atoms with Crippen LogP contribution in [0.15, 0.2) is 0 Å². The first-order chi connectivity index (χ1) is 8.31. The maximum Gasteiger partial charge on any atom is 0.223 e. The van der Waals surface area contributed by atoms with Crippen molar-refractivity contribution in [2.24, 2.45) is 11.7 Å². The molecule has 0 spiro atoms. The van der Waals surface area contributed by atoms with Gasteiger partial charge in [0.1, 0.15) is 0 Å². The third-order valence-electron chi connectivity index (χ3n) is 4.39. The summed E-state index contributed by atoms with van der Waals surface area (Å²) < 4.78 is 0. The summed E-state index contributed by atoms with van der Waals surface area (Å²) in [5.74, 6) is 1.02. The van der Waals surface area contributed by atoms with Gasteiger partial charge in [-0.2, -0.15) is 0 Å². The Morgan fingerprint density at radius 2 is 1.76 bits per heavy atom. The van der Waals surface area contributed by atoms with E-state index in [0.717, 1.165) is 13.0 Å². The van der Waals surface area contributed by atoms with E-state index in [1.165, 1.54) is 51.4 Å². The number of amides is 1. The Morgan fingerprint density at radius 1 is 1.06 bits per heavy atom. The minimum Gasteiger partial charge on any atom is -0.338 e. The summed E-state index contributed by atoms with van der Waals surface area (Å²) in [7, 11) is 0. The second-order valence-corrected chi connectivity index (χ2v) is 5.67. The third kappa shape index (κ3) is 3.44. The number of rotatable bonds is 5. The molecule has 0 bridgehead atoms. The minimum absolute atomic E-state index is 0.368. The van der Waals surface area contributed by atoms with Crippen LogP contribution in [0.2, 0.25) is 0 Å². The summed E-state index contributed by atoms with van der Waals surface area (Å²) in [6, 6.07) is 0.509. The molecule has 17 heavy (non-hydrogen) atoms. The first kappa shape index (κ1) is 12.9. The van der Waals surface area contributed by atoms with Crippen molar-refractivity contribution in [2.45, 2.75) is 63.8 Å². The predicted octanol–water partition coefficient (Wildman–Crippen LogP) is 2.30. The van der Waals surface area contributed by atoms with E-state index in [2.05, 4.69) is 4.90 Å². The number of nitrogens with zero attached hydrogens (tertiary/aromatic N) is 1. The fraction of sp³-hybridized carbons (Fsp3) is 0.929. The highest BCUT2D eigenvalue weighted by Gasteiger charge is 2.29. The molecule has 2 saturated carbocycles. The fourth-order valence-corrected chi connectivity index (χ4v) is 3.10. The van der Waals surface area contributed by atoms with Crippen molar-refractivity contribution in [1.82, 2.24) is 4.90 Å². The van der Waals surface area contributed by atoms with Crippen LogP contribution in [0.4, 0.5) is 0 Å². The van der Waals surface area contributed by atoms with Crippen LogP contribution in [0.3, 0.4) is 0 Å². The molecular weight excluding hydrogens is 212 g/mol. The summed E-state index contributed by atoms with van der Waals surface area (Å²) in [4.78, 5) is 14.4. The normalized spacial score (nSPS) is 22.2. The summed E-state index contributed by atoms with van der Waals surface area (Å²) in [6.07, 6.45) is 10.9. The van der Waals surface area contributed by atoms with Gasteiger partial charge in [-0.15, -0.1) is 0 Å². The topological polar surface area (TPSA) is 46.3 Å². The summed E-state index contributed by atoms with van der Waals surface area (Å²) in [5, 5.41) is 0. The first-order valence-corrected chi connectivity index (χ1v) is 7.31. The van der Waals surface area contributed by atoms with Crippen LogP contribution < -0.4 is 5.73 Å². The number of nitrogens with two attached hydrogens (primary N) is 1. The molecule has 2 rings (SSSR count). The molecule has 2 fully saturated rings. The lowest BCUT2D eigenvalue weighted by Gasteiger charge is -2.38. The average molecular weight is 238 g/mol. The number of carbonyl (C=O) groups is 1. The number of carbonyl (C=O) groups excluding carboxylic acids is 1. The molecule has 0 saturated heterocycles. The quantitative estimate of drug-likeness (QED) is 0.799. The zero-order valence-corrected chi connectivity index (χ0v) is 10.9. The molecule has 3 nitrogen and oxygen atoms in total. The molecule has 0 radical (unpaired) electrons. The highest BCUT2D eigenvalue weighted by Crippen LogP contribution is 2.29. The maximum atomic E-state index is 12.3. The summed E-state index contributed by atoms with van der Waals surface area (Å²) >= 11 is 0. The predicted molar refractivity (Wildman–Crippen MR) is 69.6 cm³/mol. The van der Waals surface area contributed by atoms with Gasteiger partial charge in [0, 0.05) is 25.6 Å². The molecule has 0 aromatic rings. The lowest BCUT2D eigenvalue weighted by atomic mass is 9.85. The Labute approximate surface area is 105 Å². The average Bonchev–Trinajstić information content (AvgIpc) is 2.27. The molecule has 0 aliphatic heterocycles. The lowest BCUT2D eigenvalue weighted by molar-refractivity contribution is -0.136. The zero-order valence-electron chi connectivity index (χ0n) is 10.9. The van der Waals surface area contributed by atoms with Crippen LogP contribution in [-0.4, -0.2) is 29.9 Å². The Bertz CT molecular complexity index is 245. The molecule has 0 atom stereocenters. The van der Waals surface area contributed by atoms with Gasteiger partial charge in [-0.05, 0) is 38.0 Å². The minimum atomic E-state index is 0.368. The van der Waals surface area contributed by atoms with E-state index in [-0.39, 0.29) is 0 Å². The lowest BCUT2D eigenvalue weighted by Crippen LogP contribution is -2.47. The van der Waals surface area contributed by atoms with Crippen molar-refractivity contribution in [3.05, 3.63) is 0 Å². The maximum absolute atomic E-state index is 12.3. The van der Waals surface area contributed by atoms with Crippen LogP contribution >= 0.6 is 0 Å². The fourth-order valence-electron chi connectivity index (χ4n) is 3.10. The highest BCUT2D eigenvalue weighted by atomic mass is 16.2. The molecular formula is C14H26N2O. The smallest absolute Gasteiger partial charge is 0.223 e. The van der Waals surface area contributed by atoms with Gasteiger partial charge in [0.05, 0.1) is 0 Å². The second-order valence-electron chi connectivity index (χ2n) is 5.67. The van der Waals surface area contributed by atoms with Gasteiger partial charge in [0.2, 0.25) is 5.91 Å². The third-order valence-corrected chi connectivity index (χ3v) is 4.39. The molecule has 2 N–H and O–H groups in total. The van der Waals surface area contributed by atoms with E-state index < -0.39 is 0 Å². The highest BCUT2D eigenvalue weighted by molar-refractivity contribution is 5.77. The number of hydrogen-bond donors (Lipinski definition) is 1. The molecule has 0 heterocycles. The number of hydrogen-bond acceptors (Lipinski definition) is 2. The molecule has 98 valence electrons. The molecule has 2 aliphatic carbocycles. The zero-order chi connectivity index (χ0) is 12.1. The first-order valence-electron chi connectivity index (χ1n) is 7.31. The van der Waals surface area contributed by atoms with E-state index in [9.17, 15) is 4.79 Å². The van der Waals surface area contributed by atoms with Gasteiger partial charge in [-0.1, -0.05) is 19.3 Å². The molecule has 3 heteroatoms. The van der Waals surface area contributed by atoms with Crippen LogP contribution in [0.25, 0.3) is 0 Å². The second kappa shape index (κ2) is 6.39. The van der Waals surface area contributed by atoms with Crippen molar-refractivity contribution in [3.63, 3.8) is 0 Å². The Morgan fingerprint density at radius 3 is 2.29 bits per heavy atom. The molecule has 0 unspecified atom stereocenters. The Balaban J connectivity index is 1.81. The van der Waals surface area contributed by atoms with E-state index >= 15 is 0 Å². The van der Waals surface area contributed by atoms with Crippen molar-refractivity contribution in [3.8, 4) is 0 Å². The van der Waals surface area contributed by atoms with Gasteiger partial charge in [0.15, 0.2) is 0 Å². The summed E-state index contributed by atoms with van der Waals surface area (Å²) in [5.41, 5.74) is 5.62. The van der Waals surface area contributed by atoms with Gasteiger partial charge in [-0.25, -0.2) is 0 Å². The standard InChI is InChI=1S/C14H26N2O/c15-9-10-16(13-7-4-8-13)14(17)11-12-5-2-1-3-6-12/h12-13H,1-11,15H2. The molecule has 0 aromatic heterocycles. The van der Waals surface area contributed by atoms with E-state index in [4.69, 9.17) is 5.73 Å². The monoisotopic (exact) mass is 238 g/mol. The van der Waals surface area contributed by atoms with Crippen molar-refractivity contribution in [2.75, 3.05) is 13.1 Å². The summed E-state index contributed by atoms with van der Waals surface area (Å²) in [6.45, 7) is 1.36. The molecule has 2 aliphatic rings. The van der Waals surface area contributed by atoms with Gasteiger partial charge in [-0.3, -0.25) is 4.79 Å². The van der Waals surface area contributed by atoms with Crippen LogP contribution in [0, 0.1) is 5.92 Å². The van der Waals surface area contributed by atoms with Crippen LogP contribution in [-0.2, 0) is 4.79 Å². The van der Waals surface area contributed by atoms with E-state index in [1.807, 2.05) is 0 Å².